The van der Waals surface area contributed by atoms with E-state index in [1.807, 2.05) is 13.8 Å². The fourth-order valence-corrected chi connectivity index (χ4v) is 4.72. The van der Waals surface area contributed by atoms with E-state index in [9.17, 15) is 9.18 Å². The van der Waals surface area contributed by atoms with Crippen molar-refractivity contribution in [1.82, 2.24) is 20.1 Å². The third-order valence-corrected chi connectivity index (χ3v) is 6.68. The topological polar surface area (TPSA) is 103 Å². The van der Waals surface area contributed by atoms with Crippen LogP contribution in [0.1, 0.15) is 57.2 Å². The van der Waals surface area contributed by atoms with E-state index in [-0.39, 0.29) is 36.4 Å². The molecule has 0 aliphatic carbocycles. The third-order valence-electron chi connectivity index (χ3n) is 6.68. The molecule has 0 N–H and O–H groups in total. The quantitative estimate of drug-likeness (QED) is 0.216. The second-order valence-corrected chi connectivity index (χ2v) is 9.78. The minimum Gasteiger partial charge on any atom is -0.490 e. The number of hydrogen-bond acceptors (Lipinski definition) is 9. The molecule has 0 radical (unpaired) electrons. The SMILES string of the molecule is CC(=O)OCCOc1ccc(-c2cc(F)cc3c(N4CCC(c5noc(C(C)C)n5)CC4)ncnc23)c(F)c1. The summed E-state index contributed by atoms with van der Waals surface area (Å²) in [5.41, 5.74) is 0.958. The fraction of sp³-hybridized carbons (Fsp3) is 0.393. The molecule has 2 aromatic heterocycles. The average molecular weight is 538 g/mol. The van der Waals surface area contributed by atoms with Crippen molar-refractivity contribution in [2.75, 3.05) is 31.2 Å². The van der Waals surface area contributed by atoms with Gasteiger partial charge >= 0.3 is 5.97 Å². The monoisotopic (exact) mass is 537 g/mol. The molecule has 2 aromatic carbocycles. The first-order valence-corrected chi connectivity index (χ1v) is 12.9. The molecule has 0 saturated carbocycles. The van der Waals surface area contributed by atoms with Crippen LogP contribution in [0.3, 0.4) is 0 Å². The molecule has 0 bridgehead atoms. The Morgan fingerprint density at radius 3 is 2.59 bits per heavy atom. The highest BCUT2D eigenvalue weighted by Crippen LogP contribution is 2.37. The van der Waals surface area contributed by atoms with Gasteiger partial charge < -0.3 is 18.9 Å². The standard InChI is InChI=1S/C28H29F2N5O4/c1-16(2)28-33-26(34-39-28)18-6-8-35(9-7-18)27-23-13-19(29)12-22(25(23)31-15-32-27)21-5-4-20(14-24(21)30)38-11-10-37-17(3)36/h4-5,12-16,18H,6-11H2,1-3H3. The minimum atomic E-state index is -0.589. The van der Waals surface area contributed by atoms with E-state index in [0.29, 0.717) is 47.1 Å². The Morgan fingerprint density at radius 2 is 1.90 bits per heavy atom. The zero-order valence-electron chi connectivity index (χ0n) is 22.0. The van der Waals surface area contributed by atoms with Gasteiger partial charge in [-0.3, -0.25) is 4.79 Å². The van der Waals surface area contributed by atoms with Crippen LogP contribution in [0.15, 0.2) is 41.2 Å². The van der Waals surface area contributed by atoms with Crippen molar-refractivity contribution in [2.45, 2.75) is 45.4 Å². The molecule has 4 aromatic rings. The van der Waals surface area contributed by atoms with Gasteiger partial charge in [0, 0.05) is 54.4 Å². The molecule has 1 fully saturated rings. The van der Waals surface area contributed by atoms with Crippen molar-refractivity contribution < 1.29 is 27.6 Å². The van der Waals surface area contributed by atoms with Crippen LogP contribution in [0.4, 0.5) is 14.6 Å². The zero-order valence-corrected chi connectivity index (χ0v) is 22.0. The van der Waals surface area contributed by atoms with Crippen LogP contribution in [-0.2, 0) is 9.53 Å². The molecule has 1 saturated heterocycles. The highest BCUT2D eigenvalue weighted by molar-refractivity contribution is 5.99. The number of carbonyl (C=O) groups is 1. The number of aromatic nitrogens is 4. The Labute approximate surface area is 224 Å². The number of rotatable bonds is 8. The van der Waals surface area contributed by atoms with Gasteiger partial charge in [-0.25, -0.2) is 18.7 Å². The highest BCUT2D eigenvalue weighted by Gasteiger charge is 2.27. The number of benzene rings is 2. The summed E-state index contributed by atoms with van der Waals surface area (Å²) in [6, 6.07) is 6.98. The number of carbonyl (C=O) groups excluding carboxylic acids is 1. The van der Waals surface area contributed by atoms with Crippen molar-refractivity contribution in [2.24, 2.45) is 0 Å². The summed E-state index contributed by atoms with van der Waals surface area (Å²) >= 11 is 0. The number of anilines is 1. The molecule has 3 heterocycles. The van der Waals surface area contributed by atoms with Crippen LogP contribution < -0.4 is 9.64 Å². The minimum absolute atomic E-state index is 0.0538. The van der Waals surface area contributed by atoms with E-state index in [2.05, 4.69) is 25.0 Å². The summed E-state index contributed by atoms with van der Waals surface area (Å²) in [7, 11) is 0. The molecule has 9 nitrogen and oxygen atoms in total. The van der Waals surface area contributed by atoms with Crippen LogP contribution in [0.5, 0.6) is 5.75 Å². The molecule has 0 atom stereocenters. The van der Waals surface area contributed by atoms with Crippen molar-refractivity contribution in [3.63, 3.8) is 0 Å². The predicted octanol–water partition coefficient (Wildman–Crippen LogP) is 5.41. The first kappa shape index (κ1) is 26.5. The maximum Gasteiger partial charge on any atom is 0.302 e. The number of hydrogen-bond donors (Lipinski definition) is 0. The summed E-state index contributed by atoms with van der Waals surface area (Å²) < 4.78 is 45.7. The molecular formula is C28H29F2N5O4. The number of esters is 1. The van der Waals surface area contributed by atoms with Crippen LogP contribution in [0.2, 0.25) is 0 Å². The molecule has 1 aliphatic heterocycles. The molecule has 1 aliphatic rings. The van der Waals surface area contributed by atoms with Gasteiger partial charge in [0.15, 0.2) is 5.82 Å². The molecule has 0 unspecified atom stereocenters. The Morgan fingerprint density at radius 1 is 1.10 bits per heavy atom. The van der Waals surface area contributed by atoms with Crippen LogP contribution in [0.25, 0.3) is 22.0 Å². The predicted molar refractivity (Wildman–Crippen MR) is 140 cm³/mol. The Kier molecular flexibility index (Phi) is 7.67. The Bertz CT molecular complexity index is 1480. The van der Waals surface area contributed by atoms with Gasteiger partial charge in [0.25, 0.3) is 0 Å². The largest absolute Gasteiger partial charge is 0.490 e. The summed E-state index contributed by atoms with van der Waals surface area (Å²) in [5, 5.41) is 4.67. The summed E-state index contributed by atoms with van der Waals surface area (Å²) in [5.74, 6) is 1.03. The van der Waals surface area contributed by atoms with E-state index in [1.54, 1.807) is 6.07 Å². The Balaban J connectivity index is 1.37. The lowest BCUT2D eigenvalue weighted by Gasteiger charge is -2.32. The summed E-state index contributed by atoms with van der Waals surface area (Å²) in [6.45, 7) is 6.79. The number of fused-ring (bicyclic) bond motifs is 1. The first-order valence-electron chi connectivity index (χ1n) is 12.9. The van der Waals surface area contributed by atoms with E-state index in [1.165, 1.54) is 37.5 Å². The summed E-state index contributed by atoms with van der Waals surface area (Å²) in [4.78, 5) is 26.4. The number of nitrogens with zero attached hydrogens (tertiary/aromatic N) is 5. The van der Waals surface area contributed by atoms with Crippen LogP contribution in [-0.4, -0.2) is 52.4 Å². The molecule has 39 heavy (non-hydrogen) atoms. The van der Waals surface area contributed by atoms with Crippen molar-refractivity contribution in [3.05, 3.63) is 60.0 Å². The summed E-state index contributed by atoms with van der Waals surface area (Å²) in [6.07, 6.45) is 3.00. The lowest BCUT2D eigenvalue weighted by molar-refractivity contribution is -0.141. The molecule has 11 heteroatoms. The molecule has 0 amide bonds. The first-order chi connectivity index (χ1) is 18.8. The van der Waals surface area contributed by atoms with Gasteiger partial charge in [-0.1, -0.05) is 19.0 Å². The van der Waals surface area contributed by atoms with E-state index < -0.39 is 17.6 Å². The van der Waals surface area contributed by atoms with Gasteiger partial charge in [0.2, 0.25) is 5.89 Å². The smallest absolute Gasteiger partial charge is 0.302 e. The molecular weight excluding hydrogens is 508 g/mol. The Hall–Kier alpha value is -4.15. The number of ether oxygens (including phenoxy) is 2. The number of piperidine rings is 1. The van der Waals surface area contributed by atoms with Gasteiger partial charge in [0.05, 0.1) is 5.52 Å². The molecule has 5 rings (SSSR count). The van der Waals surface area contributed by atoms with Gasteiger partial charge in [-0.05, 0) is 37.1 Å². The number of halogens is 2. The average Bonchev–Trinajstić information content (AvgIpc) is 3.42. The zero-order chi connectivity index (χ0) is 27.5. The van der Waals surface area contributed by atoms with Gasteiger partial charge in [0.1, 0.15) is 42.7 Å². The van der Waals surface area contributed by atoms with Crippen molar-refractivity contribution in [3.8, 4) is 16.9 Å². The lowest BCUT2D eigenvalue weighted by atomic mass is 9.95. The third kappa shape index (κ3) is 5.81. The van der Waals surface area contributed by atoms with E-state index in [4.69, 9.17) is 14.0 Å². The lowest BCUT2D eigenvalue weighted by Crippen LogP contribution is -2.34. The maximum absolute atomic E-state index is 15.2. The highest BCUT2D eigenvalue weighted by atomic mass is 19.1. The second-order valence-electron chi connectivity index (χ2n) is 9.78. The van der Waals surface area contributed by atoms with E-state index in [0.717, 1.165) is 12.8 Å². The van der Waals surface area contributed by atoms with Crippen molar-refractivity contribution in [1.29, 1.82) is 0 Å². The second kappa shape index (κ2) is 11.3. The molecule has 204 valence electrons. The van der Waals surface area contributed by atoms with Gasteiger partial charge in [-0.2, -0.15) is 4.98 Å². The van der Waals surface area contributed by atoms with Crippen LogP contribution in [0, 0.1) is 11.6 Å². The van der Waals surface area contributed by atoms with Crippen LogP contribution >= 0.6 is 0 Å². The van der Waals surface area contributed by atoms with E-state index >= 15 is 4.39 Å². The van der Waals surface area contributed by atoms with Gasteiger partial charge in [-0.15, -0.1) is 0 Å². The molecule has 0 spiro atoms. The van der Waals surface area contributed by atoms with Crippen molar-refractivity contribution >= 4 is 22.7 Å². The maximum atomic E-state index is 15.2. The fourth-order valence-electron chi connectivity index (χ4n) is 4.72. The normalized spacial score (nSPS) is 14.3.